The van der Waals surface area contributed by atoms with Crippen LogP contribution in [0.15, 0.2) is 78.9 Å². The lowest BCUT2D eigenvalue weighted by Crippen LogP contribution is -2.56. The highest BCUT2D eigenvalue weighted by Gasteiger charge is 2.51. The number of carboxylic acids is 1. The largest absolute Gasteiger partial charge is 0.481 e. The fraction of sp³-hybridized carbons (Fsp3) is 0.436. The van der Waals surface area contributed by atoms with Crippen LogP contribution < -0.4 is 0 Å². The molecule has 244 valence electrons. The molecular formula is C39H41F2N3O3. The Kier molecular flexibility index (Phi) is 10.2. The summed E-state index contributed by atoms with van der Waals surface area (Å²) in [7, 11) is 0. The Balaban J connectivity index is 0.000000227. The summed E-state index contributed by atoms with van der Waals surface area (Å²) in [6, 6.07) is 22.4. The Morgan fingerprint density at radius 3 is 1.70 bits per heavy atom. The third kappa shape index (κ3) is 6.85. The number of hydrogen-bond donors (Lipinski definition) is 1. The molecule has 1 N–H and O–H groups in total. The first-order chi connectivity index (χ1) is 22.6. The van der Waals surface area contributed by atoms with Gasteiger partial charge < -0.3 is 19.7 Å². The SMILES string of the molecule is [C-]#[N+]C1(c2ccc(F)cc2)CCC(=O)CC1.[C-]#[N+]C1(c2ccc(F)cc2)CCC(N2CC[C@](C(=O)O)(c3ccccc3)[C@H](C)C2)CC1. The molecular weight excluding hydrogens is 596 g/mol. The van der Waals surface area contributed by atoms with E-state index in [2.05, 4.69) is 21.5 Å². The van der Waals surface area contributed by atoms with Gasteiger partial charge >= 0.3 is 5.97 Å². The fourth-order valence-corrected chi connectivity index (χ4v) is 7.94. The molecule has 2 aliphatic carbocycles. The van der Waals surface area contributed by atoms with E-state index in [-0.39, 0.29) is 23.3 Å². The third-order valence-electron chi connectivity index (χ3n) is 10.9. The number of nitrogens with zero attached hydrogens (tertiary/aromatic N) is 3. The highest BCUT2D eigenvalue weighted by atomic mass is 19.1. The topological polar surface area (TPSA) is 66.3 Å². The zero-order chi connectivity index (χ0) is 33.7. The average molecular weight is 638 g/mol. The number of hydrogen-bond acceptors (Lipinski definition) is 3. The van der Waals surface area contributed by atoms with Crippen molar-refractivity contribution < 1.29 is 23.5 Å². The molecule has 6 rings (SSSR count). The number of likely N-dealkylation sites (tertiary alicyclic amines) is 1. The molecule has 8 heteroatoms. The number of halogens is 2. The lowest BCUT2D eigenvalue weighted by Gasteiger charge is -2.48. The molecule has 0 spiro atoms. The molecule has 47 heavy (non-hydrogen) atoms. The van der Waals surface area contributed by atoms with Crippen molar-refractivity contribution in [2.24, 2.45) is 5.92 Å². The van der Waals surface area contributed by atoms with Gasteiger partial charge in [-0.05, 0) is 85.8 Å². The van der Waals surface area contributed by atoms with Gasteiger partial charge in [0.15, 0.2) is 0 Å². The van der Waals surface area contributed by atoms with Crippen molar-refractivity contribution in [3.8, 4) is 0 Å². The lowest BCUT2D eigenvalue weighted by molar-refractivity contribution is -0.149. The summed E-state index contributed by atoms with van der Waals surface area (Å²) in [6.07, 6.45) is 5.92. The maximum Gasteiger partial charge on any atom is 0.314 e. The summed E-state index contributed by atoms with van der Waals surface area (Å²) < 4.78 is 26.2. The predicted octanol–water partition coefficient (Wildman–Crippen LogP) is 8.33. The van der Waals surface area contributed by atoms with E-state index in [4.69, 9.17) is 13.1 Å². The van der Waals surface area contributed by atoms with Crippen molar-refractivity contribution in [1.82, 2.24) is 4.90 Å². The van der Waals surface area contributed by atoms with Crippen LogP contribution in [0.2, 0.25) is 0 Å². The molecule has 2 saturated carbocycles. The van der Waals surface area contributed by atoms with Gasteiger partial charge in [-0.25, -0.2) is 21.9 Å². The number of aliphatic carboxylic acids is 1. The first-order valence-corrected chi connectivity index (χ1v) is 16.4. The summed E-state index contributed by atoms with van der Waals surface area (Å²) in [5.41, 5.74) is 0.601. The number of carbonyl (C=O) groups excluding carboxylic acids is 1. The Morgan fingerprint density at radius 1 is 0.766 bits per heavy atom. The predicted molar refractivity (Wildman–Crippen MR) is 176 cm³/mol. The highest BCUT2D eigenvalue weighted by Crippen LogP contribution is 2.45. The van der Waals surface area contributed by atoms with Gasteiger partial charge in [0.2, 0.25) is 0 Å². The highest BCUT2D eigenvalue weighted by molar-refractivity contribution is 5.82. The Morgan fingerprint density at radius 2 is 1.26 bits per heavy atom. The fourth-order valence-electron chi connectivity index (χ4n) is 7.94. The van der Waals surface area contributed by atoms with E-state index in [1.54, 1.807) is 24.3 Å². The maximum atomic E-state index is 13.3. The molecule has 0 radical (unpaired) electrons. The van der Waals surface area contributed by atoms with Crippen LogP contribution >= 0.6 is 0 Å². The summed E-state index contributed by atoms with van der Waals surface area (Å²) >= 11 is 0. The Bertz CT molecular complexity index is 1630. The second kappa shape index (κ2) is 14.2. The van der Waals surface area contributed by atoms with E-state index < -0.39 is 22.5 Å². The van der Waals surface area contributed by atoms with Crippen molar-refractivity contribution in [3.05, 3.63) is 130 Å². The minimum absolute atomic E-state index is 0.00852. The molecule has 3 aliphatic rings. The molecule has 0 aromatic heterocycles. The van der Waals surface area contributed by atoms with Crippen LogP contribution in [0.25, 0.3) is 9.69 Å². The summed E-state index contributed by atoms with van der Waals surface area (Å²) in [5, 5.41) is 10.2. The standard InChI is InChI=1S/C26H29FN2O2.C13H12FNO/c1-19-18-29(17-16-26(19,24(30)31)21-6-4-3-5-7-21)23-12-14-25(28-2,15-13-23)20-8-10-22(27)11-9-20;1-15-13(8-6-12(16)7-9-13)10-2-4-11(14)5-3-10/h3-11,19,23H,12-18H2,1H3,(H,30,31);2-5H,6-9H2/t19-,23?,25?,26-;/m1./s1. The van der Waals surface area contributed by atoms with Crippen LogP contribution in [-0.4, -0.2) is 40.9 Å². The van der Waals surface area contributed by atoms with Gasteiger partial charge in [-0.1, -0.05) is 37.3 Å². The molecule has 0 amide bonds. The molecule has 1 saturated heterocycles. The van der Waals surface area contributed by atoms with Crippen molar-refractivity contribution >= 4 is 11.8 Å². The van der Waals surface area contributed by atoms with Gasteiger partial charge in [-0.3, -0.25) is 9.59 Å². The van der Waals surface area contributed by atoms with E-state index in [1.807, 2.05) is 30.3 Å². The normalized spacial score (nSPS) is 27.4. The van der Waals surface area contributed by atoms with Crippen LogP contribution in [-0.2, 0) is 26.1 Å². The van der Waals surface area contributed by atoms with Gasteiger partial charge in [-0.2, -0.15) is 0 Å². The van der Waals surface area contributed by atoms with E-state index in [1.165, 1.54) is 24.3 Å². The number of ketones is 1. The summed E-state index contributed by atoms with van der Waals surface area (Å²) in [5.74, 6) is -1.10. The first-order valence-electron chi connectivity index (χ1n) is 16.4. The van der Waals surface area contributed by atoms with Crippen LogP contribution in [0.3, 0.4) is 0 Å². The molecule has 3 fully saturated rings. The maximum absolute atomic E-state index is 13.3. The average Bonchev–Trinajstić information content (AvgIpc) is 3.10. The number of carboxylic acid groups (broad SMARTS) is 1. The zero-order valence-electron chi connectivity index (χ0n) is 26.8. The zero-order valence-corrected chi connectivity index (χ0v) is 26.8. The van der Waals surface area contributed by atoms with Crippen molar-refractivity contribution in [3.63, 3.8) is 0 Å². The van der Waals surface area contributed by atoms with Crippen molar-refractivity contribution in [2.75, 3.05) is 13.1 Å². The van der Waals surface area contributed by atoms with Gasteiger partial charge in [0.25, 0.3) is 11.1 Å². The molecule has 3 aromatic rings. The summed E-state index contributed by atoms with van der Waals surface area (Å²) in [6.45, 7) is 18.7. The van der Waals surface area contributed by atoms with Crippen molar-refractivity contribution in [2.45, 2.75) is 87.2 Å². The number of carbonyl (C=O) groups is 2. The van der Waals surface area contributed by atoms with E-state index in [0.29, 0.717) is 38.1 Å². The monoisotopic (exact) mass is 637 g/mol. The smallest absolute Gasteiger partial charge is 0.314 e. The molecule has 2 atom stereocenters. The van der Waals surface area contributed by atoms with Crippen LogP contribution in [0, 0.1) is 30.7 Å². The van der Waals surface area contributed by atoms with Crippen LogP contribution in [0.4, 0.5) is 8.78 Å². The van der Waals surface area contributed by atoms with E-state index in [0.717, 1.165) is 55.5 Å². The Hall–Kier alpha value is -4.40. The van der Waals surface area contributed by atoms with Gasteiger partial charge in [0.05, 0.1) is 5.41 Å². The summed E-state index contributed by atoms with van der Waals surface area (Å²) in [4.78, 5) is 33.7. The molecule has 0 bridgehead atoms. The molecule has 1 aliphatic heterocycles. The van der Waals surface area contributed by atoms with E-state index >= 15 is 0 Å². The molecule has 6 nitrogen and oxygen atoms in total. The number of benzene rings is 3. The number of piperidine rings is 1. The molecule has 1 heterocycles. The van der Waals surface area contributed by atoms with Crippen molar-refractivity contribution in [1.29, 1.82) is 0 Å². The second-order valence-electron chi connectivity index (χ2n) is 13.4. The minimum Gasteiger partial charge on any atom is -0.481 e. The van der Waals surface area contributed by atoms with Crippen LogP contribution in [0.1, 0.15) is 81.4 Å². The second-order valence-corrected chi connectivity index (χ2v) is 13.4. The van der Waals surface area contributed by atoms with E-state index in [9.17, 15) is 23.5 Å². The lowest BCUT2D eigenvalue weighted by atomic mass is 9.66. The van der Waals surface area contributed by atoms with Gasteiger partial charge in [0, 0.05) is 62.2 Å². The minimum atomic E-state index is -0.846. The molecule has 0 unspecified atom stereocenters. The first kappa shape index (κ1) is 33.9. The van der Waals surface area contributed by atoms with Crippen LogP contribution in [0.5, 0.6) is 0 Å². The number of rotatable bonds is 5. The Labute approximate surface area is 276 Å². The third-order valence-corrected chi connectivity index (χ3v) is 10.9. The van der Waals surface area contributed by atoms with Gasteiger partial charge in [-0.15, -0.1) is 0 Å². The molecule has 3 aromatic carbocycles. The quantitative estimate of drug-likeness (QED) is 0.286. The number of Topliss-reactive ketones (excluding diaryl/α,β-unsaturated/α-hetero) is 1. The van der Waals surface area contributed by atoms with Gasteiger partial charge in [0.1, 0.15) is 17.4 Å².